The molecule has 15 heavy (non-hydrogen) atoms. The van der Waals surface area contributed by atoms with Crippen molar-refractivity contribution in [2.45, 2.75) is 24.3 Å². The summed E-state index contributed by atoms with van der Waals surface area (Å²) < 4.78 is 0. The zero-order valence-electron chi connectivity index (χ0n) is 8.44. The van der Waals surface area contributed by atoms with Crippen molar-refractivity contribution < 1.29 is 0 Å². The van der Waals surface area contributed by atoms with Gasteiger partial charge in [-0.2, -0.15) is 5.26 Å². The quantitative estimate of drug-likeness (QED) is 0.790. The second kappa shape index (κ2) is 4.11. The highest BCUT2D eigenvalue weighted by Crippen LogP contribution is 2.51. The molecule has 1 aromatic rings. The van der Waals surface area contributed by atoms with E-state index in [4.69, 9.17) is 11.0 Å². The SMILES string of the molecule is N#CCC1(CSc2ccc(N)cn2)CC1. The maximum Gasteiger partial charge on any atom is 0.0961 e. The first-order valence-electron chi connectivity index (χ1n) is 4.95. The fraction of sp³-hybridized carbons (Fsp3) is 0.455. The van der Waals surface area contributed by atoms with Gasteiger partial charge in [-0.25, -0.2) is 4.98 Å². The van der Waals surface area contributed by atoms with Crippen molar-refractivity contribution in [1.29, 1.82) is 5.26 Å². The minimum atomic E-state index is 0.280. The van der Waals surface area contributed by atoms with Gasteiger partial charge in [0.25, 0.3) is 0 Å². The first-order chi connectivity index (χ1) is 7.24. The fourth-order valence-electron chi connectivity index (χ4n) is 1.42. The third-order valence-corrected chi connectivity index (χ3v) is 3.99. The number of nitriles is 1. The highest BCUT2D eigenvalue weighted by molar-refractivity contribution is 7.99. The van der Waals surface area contributed by atoms with Crippen molar-refractivity contribution in [1.82, 2.24) is 4.98 Å². The van der Waals surface area contributed by atoms with Gasteiger partial charge in [0.15, 0.2) is 0 Å². The standard InChI is InChI=1S/C11H13N3S/c12-6-5-11(3-4-11)8-15-10-2-1-9(13)7-14-10/h1-2,7H,3-5,8,13H2. The Bertz CT molecular complexity index is 376. The fourth-order valence-corrected chi connectivity index (χ4v) is 2.56. The van der Waals surface area contributed by atoms with E-state index < -0.39 is 0 Å². The molecule has 1 aliphatic rings. The van der Waals surface area contributed by atoms with Crippen molar-refractivity contribution in [3.63, 3.8) is 0 Å². The normalized spacial score (nSPS) is 17.0. The average molecular weight is 219 g/mol. The van der Waals surface area contributed by atoms with Gasteiger partial charge in [0.1, 0.15) is 0 Å². The van der Waals surface area contributed by atoms with Crippen LogP contribution in [0.15, 0.2) is 23.4 Å². The number of hydrogen-bond donors (Lipinski definition) is 1. The maximum atomic E-state index is 8.68. The monoisotopic (exact) mass is 219 g/mol. The lowest BCUT2D eigenvalue weighted by Crippen LogP contribution is -2.02. The number of nitrogen functional groups attached to an aromatic ring is 1. The molecule has 0 amide bonds. The number of nitrogens with two attached hydrogens (primary N) is 1. The van der Waals surface area contributed by atoms with Gasteiger partial charge in [0, 0.05) is 12.2 Å². The molecular weight excluding hydrogens is 206 g/mol. The van der Waals surface area contributed by atoms with E-state index in [9.17, 15) is 0 Å². The van der Waals surface area contributed by atoms with Crippen LogP contribution in [0.2, 0.25) is 0 Å². The maximum absolute atomic E-state index is 8.68. The van der Waals surface area contributed by atoms with Crippen LogP contribution in [0.3, 0.4) is 0 Å². The minimum absolute atomic E-state index is 0.280. The molecule has 0 aromatic carbocycles. The number of aromatic nitrogens is 1. The Labute approximate surface area is 93.7 Å². The summed E-state index contributed by atoms with van der Waals surface area (Å²) in [6.07, 6.45) is 4.71. The molecule has 0 saturated heterocycles. The van der Waals surface area contributed by atoms with Crippen molar-refractivity contribution in [3.05, 3.63) is 18.3 Å². The molecule has 0 spiro atoms. The predicted octanol–water partition coefficient (Wildman–Crippen LogP) is 2.45. The van der Waals surface area contributed by atoms with E-state index >= 15 is 0 Å². The third-order valence-electron chi connectivity index (χ3n) is 2.70. The number of rotatable bonds is 4. The molecule has 2 rings (SSSR count). The summed E-state index contributed by atoms with van der Waals surface area (Å²) in [5.74, 6) is 0.997. The molecule has 0 bridgehead atoms. The van der Waals surface area contributed by atoms with Gasteiger partial charge in [-0.05, 0) is 30.4 Å². The Morgan fingerprint density at radius 1 is 1.53 bits per heavy atom. The van der Waals surface area contributed by atoms with Crippen molar-refractivity contribution in [2.75, 3.05) is 11.5 Å². The first kappa shape index (κ1) is 10.3. The van der Waals surface area contributed by atoms with E-state index in [2.05, 4.69) is 11.1 Å². The van der Waals surface area contributed by atoms with Crippen LogP contribution >= 0.6 is 11.8 Å². The van der Waals surface area contributed by atoms with Crippen LogP contribution in [0.4, 0.5) is 5.69 Å². The van der Waals surface area contributed by atoms with E-state index in [-0.39, 0.29) is 5.41 Å². The molecule has 1 aliphatic carbocycles. The average Bonchev–Trinajstić information content (AvgIpc) is 2.99. The molecule has 1 saturated carbocycles. The molecule has 0 radical (unpaired) electrons. The van der Waals surface area contributed by atoms with Crippen molar-refractivity contribution in [3.8, 4) is 6.07 Å². The molecule has 0 unspecified atom stereocenters. The van der Waals surface area contributed by atoms with E-state index in [1.165, 1.54) is 12.8 Å². The molecule has 3 nitrogen and oxygen atoms in total. The zero-order valence-corrected chi connectivity index (χ0v) is 9.26. The van der Waals surface area contributed by atoms with E-state index in [1.807, 2.05) is 12.1 Å². The Morgan fingerprint density at radius 3 is 2.87 bits per heavy atom. The van der Waals surface area contributed by atoms with Gasteiger partial charge < -0.3 is 5.73 Å². The smallest absolute Gasteiger partial charge is 0.0961 e. The molecule has 0 atom stereocenters. The Kier molecular flexibility index (Phi) is 2.83. The van der Waals surface area contributed by atoms with Gasteiger partial charge in [-0.1, -0.05) is 0 Å². The van der Waals surface area contributed by atoms with Crippen LogP contribution < -0.4 is 5.73 Å². The highest BCUT2D eigenvalue weighted by Gasteiger charge is 2.42. The molecule has 2 N–H and O–H groups in total. The van der Waals surface area contributed by atoms with Gasteiger partial charge >= 0.3 is 0 Å². The third kappa shape index (κ3) is 2.63. The summed E-state index contributed by atoms with van der Waals surface area (Å²) in [6.45, 7) is 0. The number of pyridine rings is 1. The Balaban J connectivity index is 1.88. The largest absolute Gasteiger partial charge is 0.397 e. The summed E-state index contributed by atoms with van der Waals surface area (Å²) in [5, 5.41) is 9.68. The Hall–Kier alpha value is -1.21. The van der Waals surface area contributed by atoms with Crippen molar-refractivity contribution >= 4 is 17.4 Å². The zero-order chi connectivity index (χ0) is 10.7. The first-order valence-corrected chi connectivity index (χ1v) is 5.94. The number of nitrogens with zero attached hydrogens (tertiary/aromatic N) is 2. The molecular formula is C11H13N3S. The summed E-state index contributed by atoms with van der Waals surface area (Å²) in [6, 6.07) is 6.06. The summed E-state index contributed by atoms with van der Waals surface area (Å²) in [4.78, 5) is 4.22. The van der Waals surface area contributed by atoms with Gasteiger partial charge in [-0.15, -0.1) is 11.8 Å². The van der Waals surface area contributed by atoms with Crippen LogP contribution in [0.1, 0.15) is 19.3 Å². The topological polar surface area (TPSA) is 62.7 Å². The van der Waals surface area contributed by atoms with Crippen LogP contribution in [0.25, 0.3) is 0 Å². The second-order valence-corrected chi connectivity index (χ2v) is 5.05. The predicted molar refractivity (Wildman–Crippen MR) is 61.3 cm³/mol. The van der Waals surface area contributed by atoms with Gasteiger partial charge in [0.2, 0.25) is 0 Å². The van der Waals surface area contributed by atoms with Crippen molar-refractivity contribution in [2.24, 2.45) is 5.41 Å². The molecule has 78 valence electrons. The number of hydrogen-bond acceptors (Lipinski definition) is 4. The van der Waals surface area contributed by atoms with E-state index in [0.29, 0.717) is 12.1 Å². The lowest BCUT2D eigenvalue weighted by atomic mass is 10.1. The summed E-state index contributed by atoms with van der Waals surface area (Å²) in [5.41, 5.74) is 6.53. The molecule has 1 aromatic heterocycles. The van der Waals surface area contributed by atoms with E-state index in [1.54, 1.807) is 18.0 Å². The van der Waals surface area contributed by atoms with E-state index in [0.717, 1.165) is 10.8 Å². The molecule has 4 heteroatoms. The van der Waals surface area contributed by atoms with Crippen LogP contribution in [0.5, 0.6) is 0 Å². The van der Waals surface area contributed by atoms with Gasteiger partial charge in [-0.3, -0.25) is 0 Å². The Morgan fingerprint density at radius 2 is 2.33 bits per heavy atom. The van der Waals surface area contributed by atoms with Crippen LogP contribution in [-0.2, 0) is 0 Å². The molecule has 0 aliphatic heterocycles. The number of anilines is 1. The lowest BCUT2D eigenvalue weighted by molar-refractivity contribution is 0.604. The van der Waals surface area contributed by atoms with Crippen LogP contribution in [0, 0.1) is 16.7 Å². The highest BCUT2D eigenvalue weighted by atomic mass is 32.2. The molecule has 1 fully saturated rings. The summed E-state index contributed by atoms with van der Waals surface area (Å²) in [7, 11) is 0. The minimum Gasteiger partial charge on any atom is -0.397 e. The number of thioether (sulfide) groups is 1. The van der Waals surface area contributed by atoms with Crippen LogP contribution in [-0.4, -0.2) is 10.7 Å². The lowest BCUT2D eigenvalue weighted by Gasteiger charge is -2.09. The van der Waals surface area contributed by atoms with Gasteiger partial charge in [0.05, 0.1) is 23.0 Å². The second-order valence-electron chi connectivity index (χ2n) is 4.05. The summed E-state index contributed by atoms with van der Waals surface area (Å²) >= 11 is 1.72. The molecule has 1 heterocycles.